The van der Waals surface area contributed by atoms with E-state index in [1.807, 2.05) is 25.1 Å². The topological polar surface area (TPSA) is 88.8 Å². The molecule has 2 rings (SSSR count). The molecule has 0 spiro atoms. The quantitative estimate of drug-likeness (QED) is 0.866. The zero-order valence-corrected chi connectivity index (χ0v) is 11.2. The maximum absolute atomic E-state index is 11.9. The monoisotopic (exact) mass is 277 g/mol. The minimum atomic E-state index is -1.13. The number of methoxy groups -OCH3 is 1. The second-order valence-corrected chi connectivity index (χ2v) is 4.38. The zero-order valence-electron chi connectivity index (χ0n) is 11.2. The molecule has 106 valence electrons. The van der Waals surface area contributed by atoms with Crippen LogP contribution in [0, 0.1) is 6.92 Å². The van der Waals surface area contributed by atoms with E-state index in [4.69, 9.17) is 14.3 Å². The first-order valence-corrected chi connectivity index (χ1v) is 6.06. The number of furan rings is 1. The summed E-state index contributed by atoms with van der Waals surface area (Å²) in [6, 6.07) is 7.23. The van der Waals surface area contributed by atoms with Gasteiger partial charge in [-0.05, 0) is 18.6 Å². The van der Waals surface area contributed by atoms with E-state index < -0.39 is 18.0 Å². The zero-order chi connectivity index (χ0) is 14.7. The Kier molecular flexibility index (Phi) is 4.05. The lowest BCUT2D eigenvalue weighted by Crippen LogP contribution is -2.37. The Morgan fingerprint density at radius 3 is 2.80 bits per heavy atom. The van der Waals surface area contributed by atoms with E-state index in [1.54, 1.807) is 6.07 Å². The molecule has 20 heavy (non-hydrogen) atoms. The average molecular weight is 277 g/mol. The first kappa shape index (κ1) is 14.1. The minimum absolute atomic E-state index is 0.124. The molecule has 1 aromatic carbocycles. The van der Waals surface area contributed by atoms with Crippen molar-refractivity contribution in [1.82, 2.24) is 5.32 Å². The molecule has 2 aromatic rings. The first-order chi connectivity index (χ1) is 9.52. The van der Waals surface area contributed by atoms with Crippen LogP contribution in [0.25, 0.3) is 11.0 Å². The highest BCUT2D eigenvalue weighted by atomic mass is 16.5. The van der Waals surface area contributed by atoms with Crippen molar-refractivity contribution in [3.63, 3.8) is 0 Å². The number of carbonyl (C=O) groups excluding carboxylic acids is 1. The number of hydrogen-bond donors (Lipinski definition) is 2. The van der Waals surface area contributed by atoms with E-state index in [0.717, 1.165) is 10.9 Å². The Bertz CT molecular complexity index is 646. The number of nitrogens with one attached hydrogen (secondary N) is 1. The number of rotatable bonds is 5. The standard InChI is InChI=1S/C14H15NO5/c1-8-4-3-5-9-6-10(20-12(8)9)13(16)15-7-11(19-2)14(17)18/h3-6,11H,7H2,1-2H3,(H,15,16)(H,17,18). The van der Waals surface area contributed by atoms with Crippen molar-refractivity contribution < 1.29 is 23.8 Å². The van der Waals surface area contributed by atoms with Crippen molar-refractivity contribution >= 4 is 22.8 Å². The lowest BCUT2D eigenvalue weighted by atomic mass is 10.2. The van der Waals surface area contributed by atoms with Gasteiger partial charge in [0.2, 0.25) is 0 Å². The lowest BCUT2D eigenvalue weighted by Gasteiger charge is -2.10. The largest absolute Gasteiger partial charge is 0.479 e. The number of aryl methyl sites for hydroxylation is 1. The number of fused-ring (bicyclic) bond motifs is 1. The third-order valence-electron chi connectivity index (χ3n) is 2.97. The van der Waals surface area contributed by atoms with E-state index >= 15 is 0 Å². The van der Waals surface area contributed by atoms with Gasteiger partial charge in [-0.25, -0.2) is 4.79 Å². The van der Waals surface area contributed by atoms with Gasteiger partial charge in [0.1, 0.15) is 5.58 Å². The van der Waals surface area contributed by atoms with Crippen LogP contribution in [-0.4, -0.2) is 36.7 Å². The minimum Gasteiger partial charge on any atom is -0.479 e. The smallest absolute Gasteiger partial charge is 0.334 e. The van der Waals surface area contributed by atoms with Gasteiger partial charge >= 0.3 is 5.97 Å². The highest BCUT2D eigenvalue weighted by molar-refractivity contribution is 5.96. The second kappa shape index (κ2) is 5.75. The van der Waals surface area contributed by atoms with Crippen LogP contribution in [0.4, 0.5) is 0 Å². The van der Waals surface area contributed by atoms with Crippen LogP contribution >= 0.6 is 0 Å². The van der Waals surface area contributed by atoms with Gasteiger partial charge in [0.15, 0.2) is 11.9 Å². The molecule has 0 saturated heterocycles. The Balaban J connectivity index is 2.12. The second-order valence-electron chi connectivity index (χ2n) is 4.38. The fraction of sp³-hybridized carbons (Fsp3) is 0.286. The molecule has 0 aliphatic carbocycles. The third-order valence-corrected chi connectivity index (χ3v) is 2.97. The molecule has 6 nitrogen and oxygen atoms in total. The van der Waals surface area contributed by atoms with Crippen molar-refractivity contribution in [2.75, 3.05) is 13.7 Å². The van der Waals surface area contributed by atoms with E-state index in [0.29, 0.717) is 5.58 Å². The fourth-order valence-corrected chi connectivity index (χ4v) is 1.86. The van der Waals surface area contributed by atoms with Crippen LogP contribution in [0.5, 0.6) is 0 Å². The van der Waals surface area contributed by atoms with Gasteiger partial charge in [-0.3, -0.25) is 4.79 Å². The van der Waals surface area contributed by atoms with Gasteiger partial charge in [-0.15, -0.1) is 0 Å². The van der Waals surface area contributed by atoms with E-state index in [2.05, 4.69) is 5.32 Å². The molecule has 1 unspecified atom stereocenters. The number of benzene rings is 1. The van der Waals surface area contributed by atoms with Crippen molar-refractivity contribution in [1.29, 1.82) is 0 Å². The molecule has 2 N–H and O–H groups in total. The van der Waals surface area contributed by atoms with Crippen LogP contribution in [0.2, 0.25) is 0 Å². The summed E-state index contributed by atoms with van der Waals surface area (Å²) >= 11 is 0. The van der Waals surface area contributed by atoms with E-state index in [1.165, 1.54) is 7.11 Å². The Morgan fingerprint density at radius 2 is 2.20 bits per heavy atom. The Morgan fingerprint density at radius 1 is 1.45 bits per heavy atom. The summed E-state index contributed by atoms with van der Waals surface area (Å²) in [5, 5.41) is 12.1. The van der Waals surface area contributed by atoms with E-state index in [-0.39, 0.29) is 12.3 Å². The number of carboxylic acid groups (broad SMARTS) is 1. The number of carboxylic acids is 1. The molecule has 1 amide bonds. The molecule has 1 atom stereocenters. The number of carbonyl (C=O) groups is 2. The molecule has 0 aliphatic heterocycles. The van der Waals surface area contributed by atoms with Gasteiger partial charge in [0, 0.05) is 12.5 Å². The number of para-hydroxylation sites is 1. The molecule has 0 fully saturated rings. The van der Waals surface area contributed by atoms with Gasteiger partial charge < -0.3 is 19.6 Å². The third kappa shape index (κ3) is 2.80. The van der Waals surface area contributed by atoms with Crippen molar-refractivity contribution in [3.05, 3.63) is 35.6 Å². The molecule has 0 saturated carbocycles. The maximum atomic E-state index is 11.9. The predicted octanol–water partition coefficient (Wildman–Crippen LogP) is 1.57. The van der Waals surface area contributed by atoms with Crippen LogP contribution in [0.3, 0.4) is 0 Å². The number of aliphatic carboxylic acids is 1. The first-order valence-electron chi connectivity index (χ1n) is 6.06. The van der Waals surface area contributed by atoms with E-state index in [9.17, 15) is 9.59 Å². The van der Waals surface area contributed by atoms with Gasteiger partial charge in [-0.1, -0.05) is 18.2 Å². The molecule has 0 aliphatic rings. The lowest BCUT2D eigenvalue weighted by molar-refractivity contribution is -0.148. The van der Waals surface area contributed by atoms with Crippen molar-refractivity contribution in [3.8, 4) is 0 Å². The average Bonchev–Trinajstić information content (AvgIpc) is 2.84. The summed E-state index contributed by atoms with van der Waals surface area (Å²) < 4.78 is 10.2. The Labute approximate surface area is 115 Å². The van der Waals surface area contributed by atoms with Crippen LogP contribution in [0.1, 0.15) is 16.1 Å². The molecular formula is C14H15NO5. The molecule has 1 aromatic heterocycles. The summed E-state index contributed by atoms with van der Waals surface area (Å²) in [5.74, 6) is -1.45. The summed E-state index contributed by atoms with van der Waals surface area (Å²) in [6.45, 7) is 1.76. The maximum Gasteiger partial charge on any atom is 0.334 e. The summed E-state index contributed by atoms with van der Waals surface area (Å²) in [7, 11) is 1.27. The predicted molar refractivity (Wildman–Crippen MR) is 71.7 cm³/mol. The van der Waals surface area contributed by atoms with Crippen molar-refractivity contribution in [2.24, 2.45) is 0 Å². The molecule has 0 bridgehead atoms. The van der Waals surface area contributed by atoms with Gasteiger partial charge in [-0.2, -0.15) is 0 Å². The molecule has 0 radical (unpaired) electrons. The highest BCUT2D eigenvalue weighted by Crippen LogP contribution is 2.22. The number of amides is 1. The molecular weight excluding hydrogens is 262 g/mol. The summed E-state index contributed by atoms with van der Waals surface area (Å²) in [5.41, 5.74) is 1.58. The molecule has 6 heteroatoms. The Hall–Kier alpha value is -2.34. The fourth-order valence-electron chi connectivity index (χ4n) is 1.86. The number of ether oxygens (including phenoxy) is 1. The normalized spacial score (nSPS) is 12.3. The van der Waals surface area contributed by atoms with Crippen molar-refractivity contribution in [2.45, 2.75) is 13.0 Å². The highest BCUT2D eigenvalue weighted by Gasteiger charge is 2.19. The van der Waals surface area contributed by atoms with Crippen LogP contribution < -0.4 is 5.32 Å². The van der Waals surface area contributed by atoms with Crippen LogP contribution in [0.15, 0.2) is 28.7 Å². The van der Waals surface area contributed by atoms with Gasteiger partial charge in [0.05, 0.1) is 6.54 Å². The number of hydrogen-bond acceptors (Lipinski definition) is 4. The van der Waals surface area contributed by atoms with Gasteiger partial charge in [0.25, 0.3) is 5.91 Å². The van der Waals surface area contributed by atoms with Crippen LogP contribution in [-0.2, 0) is 9.53 Å². The summed E-state index contributed by atoms with van der Waals surface area (Å²) in [6.07, 6.45) is -1.08. The molecule has 1 heterocycles. The SMILES string of the molecule is COC(CNC(=O)c1cc2cccc(C)c2o1)C(=O)O. The summed E-state index contributed by atoms with van der Waals surface area (Å²) in [4.78, 5) is 22.7.